The fourth-order valence-electron chi connectivity index (χ4n) is 3.69. The highest BCUT2D eigenvalue weighted by Crippen LogP contribution is 2.35. The molecule has 0 amide bonds. The van der Waals surface area contributed by atoms with E-state index >= 15 is 0 Å². The molecule has 30 heavy (non-hydrogen) atoms. The molecule has 1 aliphatic rings. The predicted octanol–water partition coefficient (Wildman–Crippen LogP) is 3.30. The molecule has 3 heterocycles. The Kier molecular flexibility index (Phi) is 4.72. The number of hydrogen-bond donors (Lipinski definition) is 1. The fraction of sp³-hybridized carbons (Fsp3) is 0.190. The lowest BCUT2D eigenvalue weighted by Crippen LogP contribution is -2.26. The van der Waals surface area contributed by atoms with E-state index in [0.29, 0.717) is 42.5 Å². The third kappa shape index (κ3) is 3.55. The Morgan fingerprint density at radius 2 is 2.13 bits per heavy atom. The molecule has 0 atom stereocenters. The highest BCUT2D eigenvalue weighted by Gasteiger charge is 2.20. The first kappa shape index (κ1) is 18.8. The van der Waals surface area contributed by atoms with Gasteiger partial charge in [-0.15, -0.1) is 0 Å². The second kappa shape index (κ2) is 7.55. The van der Waals surface area contributed by atoms with Crippen molar-refractivity contribution >= 4 is 22.6 Å². The summed E-state index contributed by atoms with van der Waals surface area (Å²) in [6.45, 7) is 2.42. The van der Waals surface area contributed by atoms with Gasteiger partial charge in [-0.2, -0.15) is 0 Å². The van der Waals surface area contributed by atoms with E-state index in [1.54, 1.807) is 24.8 Å². The maximum atomic E-state index is 13.5. The van der Waals surface area contributed by atoms with Crippen LogP contribution in [0.25, 0.3) is 16.7 Å². The van der Waals surface area contributed by atoms with Crippen LogP contribution in [-0.4, -0.2) is 37.6 Å². The van der Waals surface area contributed by atoms with Crippen LogP contribution in [0.15, 0.2) is 53.8 Å². The molecule has 0 bridgehead atoms. The molecule has 4 aromatic rings. The van der Waals surface area contributed by atoms with Crippen LogP contribution in [-0.2, 0) is 13.1 Å². The maximum absolute atomic E-state index is 13.5. The Morgan fingerprint density at radius 3 is 2.97 bits per heavy atom. The average Bonchev–Trinajstić information content (AvgIpc) is 3.02. The van der Waals surface area contributed by atoms with E-state index in [4.69, 9.17) is 16.3 Å². The molecule has 2 aromatic carbocycles. The quantitative estimate of drug-likeness (QED) is 0.545. The second-order valence-electron chi connectivity index (χ2n) is 7.15. The third-order valence-electron chi connectivity index (χ3n) is 5.08. The molecule has 0 saturated heterocycles. The number of fused-ring (bicyclic) bond motifs is 2. The number of nitrogens with zero attached hydrogens (tertiary/aromatic N) is 4. The first-order chi connectivity index (χ1) is 14.6. The molecule has 0 fully saturated rings. The van der Waals surface area contributed by atoms with Gasteiger partial charge in [-0.3, -0.25) is 9.47 Å². The Labute approximate surface area is 175 Å². The molecule has 0 aliphatic carbocycles. The van der Waals surface area contributed by atoms with Crippen LogP contribution < -0.4 is 10.4 Å². The van der Waals surface area contributed by atoms with Crippen molar-refractivity contribution in [3.63, 3.8) is 0 Å². The summed E-state index contributed by atoms with van der Waals surface area (Å²) >= 11 is 6.55. The van der Waals surface area contributed by atoms with Crippen LogP contribution in [0.2, 0.25) is 5.02 Å². The Morgan fingerprint density at radius 1 is 1.23 bits per heavy atom. The van der Waals surface area contributed by atoms with E-state index in [1.807, 2.05) is 16.7 Å². The minimum Gasteiger partial charge on any atom is -0.490 e. The Bertz CT molecular complexity index is 1280. The van der Waals surface area contributed by atoms with E-state index in [9.17, 15) is 9.18 Å². The van der Waals surface area contributed by atoms with Crippen molar-refractivity contribution in [2.75, 3.05) is 13.2 Å². The van der Waals surface area contributed by atoms with E-state index in [1.165, 1.54) is 12.1 Å². The molecule has 0 saturated carbocycles. The fourth-order valence-corrected chi connectivity index (χ4v) is 3.98. The summed E-state index contributed by atoms with van der Waals surface area (Å²) in [5.41, 5.74) is 3.66. The number of ether oxygens (including phenoxy) is 1. The van der Waals surface area contributed by atoms with Gasteiger partial charge in [0.1, 0.15) is 24.5 Å². The molecule has 5 rings (SSSR count). The number of H-pyrrole nitrogens is 1. The van der Waals surface area contributed by atoms with E-state index in [0.717, 1.165) is 22.3 Å². The molecule has 1 aliphatic heterocycles. The number of aromatic amines is 1. The molecule has 0 unspecified atom stereocenters. The standard InChI is InChI=1S/C21H17ClFN5O2/c22-17-7-16(28-12-26-18-6-15(23)1-2-19(18)28)5-14-11-27(3-4-30-20(14)17)10-13-8-24-21(29)25-9-13/h1-2,5-9,12H,3-4,10-11H2,(H,24,25,29). The summed E-state index contributed by atoms with van der Waals surface area (Å²) in [6, 6.07) is 8.35. The number of aromatic nitrogens is 4. The van der Waals surface area contributed by atoms with Crippen molar-refractivity contribution in [1.29, 1.82) is 0 Å². The first-order valence-electron chi connectivity index (χ1n) is 9.41. The zero-order valence-electron chi connectivity index (χ0n) is 15.8. The molecule has 2 aromatic heterocycles. The molecule has 0 spiro atoms. The number of rotatable bonds is 3. The summed E-state index contributed by atoms with van der Waals surface area (Å²) in [5, 5.41) is 0.513. The van der Waals surface area contributed by atoms with Crippen LogP contribution in [0.1, 0.15) is 11.1 Å². The highest BCUT2D eigenvalue weighted by atomic mass is 35.5. The van der Waals surface area contributed by atoms with Crippen molar-refractivity contribution < 1.29 is 9.13 Å². The molecule has 152 valence electrons. The second-order valence-corrected chi connectivity index (χ2v) is 7.56. The Hall–Kier alpha value is -3.23. The lowest BCUT2D eigenvalue weighted by Gasteiger charge is -2.19. The average molecular weight is 426 g/mol. The molecule has 0 radical (unpaired) electrons. The third-order valence-corrected chi connectivity index (χ3v) is 5.36. The number of hydrogen-bond acceptors (Lipinski definition) is 5. The van der Waals surface area contributed by atoms with E-state index < -0.39 is 0 Å². The van der Waals surface area contributed by atoms with Crippen LogP contribution in [0.3, 0.4) is 0 Å². The topological polar surface area (TPSA) is 76.0 Å². The summed E-state index contributed by atoms with van der Waals surface area (Å²) in [7, 11) is 0. The molecule has 9 heteroatoms. The minimum absolute atomic E-state index is 0.325. The Balaban J connectivity index is 1.50. The van der Waals surface area contributed by atoms with Gasteiger partial charge in [-0.05, 0) is 24.3 Å². The van der Waals surface area contributed by atoms with Gasteiger partial charge in [-0.25, -0.2) is 19.2 Å². The van der Waals surface area contributed by atoms with Crippen molar-refractivity contribution in [1.82, 2.24) is 24.4 Å². The maximum Gasteiger partial charge on any atom is 0.344 e. The van der Waals surface area contributed by atoms with Crippen LogP contribution in [0.4, 0.5) is 4.39 Å². The first-order valence-corrected chi connectivity index (χ1v) is 9.79. The molecule has 1 N–H and O–H groups in total. The van der Waals surface area contributed by atoms with Gasteiger partial charge in [0.05, 0.1) is 16.1 Å². The zero-order chi connectivity index (χ0) is 20.7. The van der Waals surface area contributed by atoms with Gasteiger partial charge < -0.3 is 9.72 Å². The van der Waals surface area contributed by atoms with Gasteiger partial charge in [0.2, 0.25) is 0 Å². The van der Waals surface area contributed by atoms with Gasteiger partial charge in [0, 0.05) is 54.9 Å². The smallest absolute Gasteiger partial charge is 0.344 e. The van der Waals surface area contributed by atoms with Crippen LogP contribution in [0.5, 0.6) is 5.75 Å². The lowest BCUT2D eigenvalue weighted by molar-refractivity contribution is 0.219. The lowest BCUT2D eigenvalue weighted by atomic mass is 10.1. The highest BCUT2D eigenvalue weighted by molar-refractivity contribution is 6.32. The molecular weight excluding hydrogens is 409 g/mol. The summed E-state index contributed by atoms with van der Waals surface area (Å²) in [4.78, 5) is 24.1. The number of benzene rings is 2. The predicted molar refractivity (Wildman–Crippen MR) is 111 cm³/mol. The summed E-state index contributed by atoms with van der Waals surface area (Å²) < 4.78 is 21.3. The summed E-state index contributed by atoms with van der Waals surface area (Å²) in [5.74, 6) is 0.339. The number of halogens is 2. The van der Waals surface area contributed by atoms with Gasteiger partial charge in [0.15, 0.2) is 0 Å². The SMILES string of the molecule is O=c1ncc(CN2CCOc3c(Cl)cc(-n4cnc5cc(F)ccc54)cc3C2)c[nH]1. The number of nitrogens with one attached hydrogen (secondary N) is 1. The summed E-state index contributed by atoms with van der Waals surface area (Å²) in [6.07, 6.45) is 4.90. The van der Waals surface area contributed by atoms with Gasteiger partial charge >= 0.3 is 5.69 Å². The van der Waals surface area contributed by atoms with E-state index in [2.05, 4.69) is 19.9 Å². The normalized spacial score (nSPS) is 14.3. The van der Waals surface area contributed by atoms with Crippen LogP contribution >= 0.6 is 11.6 Å². The largest absolute Gasteiger partial charge is 0.490 e. The van der Waals surface area contributed by atoms with Crippen molar-refractivity contribution in [2.24, 2.45) is 0 Å². The van der Waals surface area contributed by atoms with Crippen molar-refractivity contribution in [2.45, 2.75) is 13.1 Å². The zero-order valence-corrected chi connectivity index (χ0v) is 16.6. The van der Waals surface area contributed by atoms with Crippen LogP contribution in [0, 0.1) is 5.82 Å². The van der Waals surface area contributed by atoms with Crippen molar-refractivity contribution in [3.05, 3.63) is 81.5 Å². The van der Waals surface area contributed by atoms with E-state index in [-0.39, 0.29) is 11.5 Å². The van der Waals surface area contributed by atoms with Gasteiger partial charge in [-0.1, -0.05) is 11.6 Å². The molecule has 7 nitrogen and oxygen atoms in total. The van der Waals surface area contributed by atoms with Gasteiger partial charge in [0.25, 0.3) is 0 Å². The number of imidazole rings is 1. The minimum atomic E-state index is -0.368. The van der Waals surface area contributed by atoms with Crippen molar-refractivity contribution in [3.8, 4) is 11.4 Å². The monoisotopic (exact) mass is 425 g/mol. The molecular formula is C21H17ClFN5O2.